The molecule has 31 heavy (non-hydrogen) atoms. The zero-order chi connectivity index (χ0) is 21.3. The summed E-state index contributed by atoms with van der Waals surface area (Å²) in [5.41, 5.74) is 3.07. The van der Waals surface area contributed by atoms with Gasteiger partial charge in [-0.15, -0.1) is 0 Å². The van der Waals surface area contributed by atoms with Gasteiger partial charge in [-0.05, 0) is 60.7 Å². The van der Waals surface area contributed by atoms with Crippen LogP contribution in [0.15, 0.2) is 79.1 Å². The molecule has 3 aromatic rings. The lowest BCUT2D eigenvalue weighted by atomic mass is 9.97. The van der Waals surface area contributed by atoms with Gasteiger partial charge < -0.3 is 10.1 Å². The van der Waals surface area contributed by atoms with Gasteiger partial charge in [0, 0.05) is 32.0 Å². The first kappa shape index (κ1) is 21.1. The van der Waals surface area contributed by atoms with E-state index in [1.807, 2.05) is 30.3 Å². The van der Waals surface area contributed by atoms with Crippen LogP contribution in [0, 0.1) is 5.92 Å². The summed E-state index contributed by atoms with van der Waals surface area (Å²) in [6, 6.07) is 22.2. The van der Waals surface area contributed by atoms with Crippen molar-refractivity contribution >= 4 is 5.91 Å². The molecule has 4 rings (SSSR count). The fourth-order valence-electron chi connectivity index (χ4n) is 3.99. The number of benzene rings is 2. The molecule has 0 unspecified atom stereocenters. The highest BCUT2D eigenvalue weighted by Crippen LogP contribution is 2.20. The lowest BCUT2D eigenvalue weighted by Crippen LogP contribution is -2.40. The van der Waals surface area contributed by atoms with E-state index < -0.39 is 0 Å². The highest BCUT2D eigenvalue weighted by atomic mass is 16.5. The van der Waals surface area contributed by atoms with E-state index in [-0.39, 0.29) is 5.91 Å². The molecule has 0 spiro atoms. The second-order valence-corrected chi connectivity index (χ2v) is 8.11. The minimum absolute atomic E-state index is 0.0451. The number of hydrogen-bond donors (Lipinski definition) is 1. The first-order valence-corrected chi connectivity index (χ1v) is 10.9. The molecule has 2 heterocycles. The standard InChI is InChI=1S/C26H29N3O2/c30-26(24-9-4-14-27-17-24)28-16-23-8-5-15-29(19-23)18-21-10-12-25(13-11-21)31-20-22-6-2-1-3-7-22/h1-4,6-7,9-14,17,23H,5,8,15-16,18-20H2,(H,28,30)/t23-/m1/s1. The van der Waals surface area contributed by atoms with E-state index in [0.717, 1.165) is 38.2 Å². The summed E-state index contributed by atoms with van der Waals surface area (Å²) < 4.78 is 5.89. The van der Waals surface area contributed by atoms with Crippen molar-refractivity contribution in [1.82, 2.24) is 15.2 Å². The number of carbonyl (C=O) groups is 1. The largest absolute Gasteiger partial charge is 0.489 e. The first-order chi connectivity index (χ1) is 15.3. The summed E-state index contributed by atoms with van der Waals surface area (Å²) in [4.78, 5) is 18.7. The summed E-state index contributed by atoms with van der Waals surface area (Å²) in [5.74, 6) is 1.32. The lowest BCUT2D eigenvalue weighted by molar-refractivity contribution is 0.0930. The second kappa shape index (κ2) is 10.7. The van der Waals surface area contributed by atoms with Crippen LogP contribution in [0.5, 0.6) is 5.75 Å². The molecule has 0 radical (unpaired) electrons. The van der Waals surface area contributed by atoms with E-state index in [2.05, 4.69) is 39.5 Å². The summed E-state index contributed by atoms with van der Waals surface area (Å²) in [6.45, 7) is 4.31. The lowest BCUT2D eigenvalue weighted by Gasteiger charge is -2.32. The van der Waals surface area contributed by atoms with Gasteiger partial charge in [-0.2, -0.15) is 0 Å². The molecule has 1 amide bonds. The van der Waals surface area contributed by atoms with Crippen LogP contribution in [0.3, 0.4) is 0 Å². The molecule has 0 saturated carbocycles. The Balaban J connectivity index is 1.23. The molecule has 2 aromatic carbocycles. The van der Waals surface area contributed by atoms with Crippen LogP contribution in [0.1, 0.15) is 34.3 Å². The molecule has 1 atom stereocenters. The van der Waals surface area contributed by atoms with E-state index in [9.17, 15) is 4.79 Å². The van der Waals surface area contributed by atoms with E-state index in [1.54, 1.807) is 24.5 Å². The maximum absolute atomic E-state index is 12.3. The average Bonchev–Trinajstić information content (AvgIpc) is 2.83. The zero-order valence-corrected chi connectivity index (χ0v) is 17.7. The van der Waals surface area contributed by atoms with Crippen LogP contribution in [-0.4, -0.2) is 35.4 Å². The van der Waals surface area contributed by atoms with Crippen LogP contribution in [0.25, 0.3) is 0 Å². The quantitative estimate of drug-likeness (QED) is 0.596. The summed E-state index contributed by atoms with van der Waals surface area (Å²) >= 11 is 0. The molecule has 160 valence electrons. The smallest absolute Gasteiger partial charge is 0.252 e. The van der Waals surface area contributed by atoms with Crippen molar-refractivity contribution in [1.29, 1.82) is 0 Å². The van der Waals surface area contributed by atoms with Gasteiger partial charge in [0.15, 0.2) is 0 Å². The van der Waals surface area contributed by atoms with E-state index >= 15 is 0 Å². The molecule has 5 heteroatoms. The third kappa shape index (κ3) is 6.40. The third-order valence-corrected chi connectivity index (χ3v) is 5.66. The van der Waals surface area contributed by atoms with E-state index in [0.29, 0.717) is 24.6 Å². The summed E-state index contributed by atoms with van der Waals surface area (Å²) in [6.07, 6.45) is 5.59. The fraction of sp³-hybridized carbons (Fsp3) is 0.308. The molecule has 1 saturated heterocycles. The maximum atomic E-state index is 12.3. The summed E-state index contributed by atoms with van der Waals surface area (Å²) in [7, 11) is 0. The minimum Gasteiger partial charge on any atom is -0.489 e. The molecule has 5 nitrogen and oxygen atoms in total. The molecule has 1 aromatic heterocycles. The van der Waals surface area contributed by atoms with Gasteiger partial charge in [0.1, 0.15) is 12.4 Å². The molecule has 0 bridgehead atoms. The van der Waals surface area contributed by atoms with Gasteiger partial charge in [0.05, 0.1) is 5.56 Å². The normalized spacial score (nSPS) is 16.6. The number of hydrogen-bond acceptors (Lipinski definition) is 4. The number of carbonyl (C=O) groups excluding carboxylic acids is 1. The Labute approximate surface area is 184 Å². The van der Waals surface area contributed by atoms with Crippen molar-refractivity contribution in [3.8, 4) is 5.75 Å². The number of nitrogens with one attached hydrogen (secondary N) is 1. The van der Waals surface area contributed by atoms with Gasteiger partial charge >= 0.3 is 0 Å². The predicted octanol–water partition coefficient (Wildman–Crippen LogP) is 4.30. The Morgan fingerprint density at radius 2 is 1.87 bits per heavy atom. The number of amides is 1. The SMILES string of the molecule is O=C(NC[C@H]1CCCN(Cc2ccc(OCc3ccccc3)cc2)C1)c1cccnc1. The van der Waals surface area contributed by atoms with Crippen molar-refractivity contribution in [2.45, 2.75) is 26.0 Å². The van der Waals surface area contributed by atoms with Crippen molar-refractivity contribution in [3.05, 3.63) is 95.8 Å². The van der Waals surface area contributed by atoms with Crippen molar-refractivity contribution in [2.24, 2.45) is 5.92 Å². The number of piperidine rings is 1. The average molecular weight is 416 g/mol. The Hall–Kier alpha value is -3.18. The topological polar surface area (TPSA) is 54.5 Å². The van der Waals surface area contributed by atoms with Gasteiger partial charge in [0.2, 0.25) is 0 Å². The highest BCUT2D eigenvalue weighted by molar-refractivity contribution is 5.93. The number of ether oxygens (including phenoxy) is 1. The van der Waals surface area contributed by atoms with Crippen molar-refractivity contribution < 1.29 is 9.53 Å². The minimum atomic E-state index is -0.0451. The maximum Gasteiger partial charge on any atom is 0.252 e. The van der Waals surface area contributed by atoms with Gasteiger partial charge in [-0.1, -0.05) is 42.5 Å². The number of nitrogens with zero attached hydrogens (tertiary/aromatic N) is 2. The third-order valence-electron chi connectivity index (χ3n) is 5.66. The molecule has 1 fully saturated rings. The molecular weight excluding hydrogens is 386 g/mol. The monoisotopic (exact) mass is 415 g/mol. The highest BCUT2D eigenvalue weighted by Gasteiger charge is 2.20. The molecule has 1 aliphatic heterocycles. The molecule has 0 aliphatic carbocycles. The summed E-state index contributed by atoms with van der Waals surface area (Å²) in [5, 5.41) is 3.07. The predicted molar refractivity (Wildman–Crippen MR) is 122 cm³/mol. The Morgan fingerprint density at radius 3 is 2.65 bits per heavy atom. The number of pyridine rings is 1. The van der Waals surface area contributed by atoms with Crippen LogP contribution in [-0.2, 0) is 13.2 Å². The van der Waals surface area contributed by atoms with Crippen LogP contribution >= 0.6 is 0 Å². The van der Waals surface area contributed by atoms with Gasteiger partial charge in [-0.3, -0.25) is 14.7 Å². The zero-order valence-electron chi connectivity index (χ0n) is 17.7. The Kier molecular flexibility index (Phi) is 7.29. The second-order valence-electron chi connectivity index (χ2n) is 8.11. The number of aromatic nitrogens is 1. The van der Waals surface area contributed by atoms with Crippen molar-refractivity contribution in [2.75, 3.05) is 19.6 Å². The first-order valence-electron chi connectivity index (χ1n) is 10.9. The molecule has 1 N–H and O–H groups in total. The number of likely N-dealkylation sites (tertiary alicyclic amines) is 1. The van der Waals surface area contributed by atoms with Gasteiger partial charge in [-0.25, -0.2) is 0 Å². The Morgan fingerprint density at radius 1 is 1.03 bits per heavy atom. The Bertz CT molecular complexity index is 945. The van der Waals surface area contributed by atoms with Gasteiger partial charge in [0.25, 0.3) is 5.91 Å². The molecular formula is C26H29N3O2. The van der Waals surface area contributed by atoms with Crippen LogP contribution in [0.4, 0.5) is 0 Å². The molecule has 1 aliphatic rings. The number of rotatable bonds is 8. The fourth-order valence-corrected chi connectivity index (χ4v) is 3.99. The van der Waals surface area contributed by atoms with Crippen LogP contribution in [0.2, 0.25) is 0 Å². The van der Waals surface area contributed by atoms with Crippen LogP contribution < -0.4 is 10.1 Å². The van der Waals surface area contributed by atoms with E-state index in [4.69, 9.17) is 4.74 Å². The van der Waals surface area contributed by atoms with Crippen molar-refractivity contribution in [3.63, 3.8) is 0 Å². The van der Waals surface area contributed by atoms with E-state index in [1.165, 1.54) is 11.1 Å².